The lowest BCUT2D eigenvalue weighted by Gasteiger charge is -2.35. The highest BCUT2D eigenvalue weighted by molar-refractivity contribution is 5.75. The van der Waals surface area contributed by atoms with E-state index >= 15 is 4.39 Å². The maximum absolute atomic E-state index is 15.6. The Morgan fingerprint density at radius 2 is 1.78 bits per heavy atom. The zero-order chi connectivity index (χ0) is 26.3. The van der Waals surface area contributed by atoms with Gasteiger partial charge in [0.05, 0.1) is 12.7 Å². The Balaban J connectivity index is 1.78. The van der Waals surface area contributed by atoms with E-state index < -0.39 is 47.8 Å². The SMILES string of the molecule is CCC(F)(F)C(O)(COc1c(F)cc(OC)c(-c2ccn3nc(N)nc3c2)c1F)c1ccc(F)cc1. The maximum atomic E-state index is 15.6. The van der Waals surface area contributed by atoms with E-state index in [0.29, 0.717) is 0 Å². The van der Waals surface area contributed by atoms with Crippen molar-refractivity contribution in [2.45, 2.75) is 24.9 Å². The van der Waals surface area contributed by atoms with E-state index in [-0.39, 0.29) is 34.0 Å². The fourth-order valence-corrected chi connectivity index (χ4v) is 3.79. The smallest absolute Gasteiger partial charge is 0.283 e. The minimum absolute atomic E-state index is 0.0281. The summed E-state index contributed by atoms with van der Waals surface area (Å²) in [5, 5.41) is 14.9. The van der Waals surface area contributed by atoms with Crippen LogP contribution in [0.25, 0.3) is 16.8 Å². The van der Waals surface area contributed by atoms with Crippen molar-refractivity contribution in [3.8, 4) is 22.6 Å². The summed E-state index contributed by atoms with van der Waals surface area (Å²) >= 11 is 0. The third kappa shape index (κ3) is 4.28. The molecule has 7 nitrogen and oxygen atoms in total. The van der Waals surface area contributed by atoms with Crippen LogP contribution in [0.3, 0.4) is 0 Å². The van der Waals surface area contributed by atoms with Gasteiger partial charge < -0.3 is 20.3 Å². The van der Waals surface area contributed by atoms with Crippen molar-refractivity contribution in [1.29, 1.82) is 0 Å². The van der Waals surface area contributed by atoms with Crippen molar-refractivity contribution in [3.05, 3.63) is 71.7 Å². The largest absolute Gasteiger partial charge is 0.496 e. The zero-order valence-electron chi connectivity index (χ0n) is 19.1. The quantitative estimate of drug-likeness (QED) is 0.335. The first kappa shape index (κ1) is 25.2. The fourth-order valence-electron chi connectivity index (χ4n) is 3.79. The highest BCUT2D eigenvalue weighted by Crippen LogP contribution is 2.43. The second-order valence-corrected chi connectivity index (χ2v) is 7.98. The maximum Gasteiger partial charge on any atom is 0.283 e. The summed E-state index contributed by atoms with van der Waals surface area (Å²) in [6.45, 7) is -0.118. The zero-order valence-corrected chi connectivity index (χ0v) is 19.1. The van der Waals surface area contributed by atoms with Crippen molar-refractivity contribution in [3.63, 3.8) is 0 Å². The van der Waals surface area contributed by atoms with Gasteiger partial charge >= 0.3 is 0 Å². The van der Waals surface area contributed by atoms with E-state index in [9.17, 15) is 22.7 Å². The van der Waals surface area contributed by atoms with Gasteiger partial charge in [-0.25, -0.2) is 26.5 Å². The predicted molar refractivity (Wildman–Crippen MR) is 120 cm³/mol. The Morgan fingerprint density at radius 1 is 1.08 bits per heavy atom. The van der Waals surface area contributed by atoms with Crippen LogP contribution in [0.5, 0.6) is 11.5 Å². The van der Waals surface area contributed by atoms with Gasteiger partial charge in [0.15, 0.2) is 28.6 Å². The van der Waals surface area contributed by atoms with Gasteiger partial charge in [0, 0.05) is 18.7 Å². The van der Waals surface area contributed by atoms with Crippen LogP contribution in [0, 0.1) is 17.5 Å². The number of fused-ring (bicyclic) bond motifs is 1. The van der Waals surface area contributed by atoms with E-state index in [4.69, 9.17) is 15.2 Å². The molecule has 2 heterocycles. The molecule has 0 saturated carbocycles. The first-order valence-corrected chi connectivity index (χ1v) is 10.7. The van der Waals surface area contributed by atoms with Crippen LogP contribution in [0.2, 0.25) is 0 Å². The molecular formula is C24H21F5N4O3. The van der Waals surface area contributed by atoms with Gasteiger partial charge in [0.25, 0.3) is 5.92 Å². The summed E-state index contributed by atoms with van der Waals surface area (Å²) in [5.41, 5.74) is 2.36. The third-order valence-corrected chi connectivity index (χ3v) is 5.80. The summed E-state index contributed by atoms with van der Waals surface area (Å²) in [6, 6.07) is 7.33. The average Bonchev–Trinajstić information content (AvgIpc) is 3.22. The summed E-state index contributed by atoms with van der Waals surface area (Å²) in [7, 11) is 1.20. The van der Waals surface area contributed by atoms with Gasteiger partial charge in [-0.15, -0.1) is 5.10 Å². The molecule has 4 aromatic rings. The Hall–Kier alpha value is -3.93. The molecular weight excluding hydrogens is 487 g/mol. The Labute approximate surface area is 201 Å². The van der Waals surface area contributed by atoms with Crippen molar-refractivity contribution < 1.29 is 36.5 Å². The van der Waals surface area contributed by atoms with Gasteiger partial charge in [-0.3, -0.25) is 0 Å². The lowest BCUT2D eigenvalue weighted by molar-refractivity contribution is -0.203. The number of halogens is 5. The molecule has 0 aliphatic heterocycles. The standard InChI is InChI=1S/C24H21F5N4O3/c1-3-24(28,29)23(34,14-4-6-15(25)7-5-14)12-36-21-16(26)11-17(35-2)19(20(21)27)13-8-9-33-18(10-13)31-22(30)32-33/h4-11,34H,3,12H2,1-2H3,(H2,30,32). The van der Waals surface area contributed by atoms with Crippen LogP contribution in [0.15, 0.2) is 48.7 Å². The van der Waals surface area contributed by atoms with Gasteiger partial charge in [0.2, 0.25) is 5.95 Å². The molecule has 0 aliphatic rings. The number of pyridine rings is 1. The lowest BCUT2D eigenvalue weighted by Crippen LogP contribution is -2.49. The van der Waals surface area contributed by atoms with Crippen LogP contribution in [-0.2, 0) is 5.60 Å². The third-order valence-electron chi connectivity index (χ3n) is 5.80. The van der Waals surface area contributed by atoms with E-state index in [1.54, 1.807) is 0 Å². The molecule has 2 aromatic carbocycles. The molecule has 1 unspecified atom stereocenters. The molecule has 0 aliphatic carbocycles. The Bertz CT molecular complexity index is 1410. The van der Waals surface area contributed by atoms with Crippen molar-refractivity contribution in [2.24, 2.45) is 0 Å². The van der Waals surface area contributed by atoms with Crippen molar-refractivity contribution in [1.82, 2.24) is 14.6 Å². The van der Waals surface area contributed by atoms with Crippen LogP contribution >= 0.6 is 0 Å². The molecule has 0 bridgehead atoms. The summed E-state index contributed by atoms with van der Waals surface area (Å²) in [6.07, 6.45) is 0.608. The summed E-state index contributed by atoms with van der Waals surface area (Å²) in [4.78, 5) is 3.99. The molecule has 0 radical (unpaired) electrons. The molecule has 0 amide bonds. The highest BCUT2D eigenvalue weighted by atomic mass is 19.3. The van der Waals surface area contributed by atoms with E-state index in [1.807, 2.05) is 0 Å². The number of aromatic nitrogens is 3. The topological polar surface area (TPSA) is 94.9 Å². The number of hydrogen-bond donors (Lipinski definition) is 2. The monoisotopic (exact) mass is 508 g/mol. The molecule has 0 fully saturated rings. The number of rotatable bonds is 8. The molecule has 1 atom stereocenters. The molecule has 3 N–H and O–H groups in total. The van der Waals surface area contributed by atoms with Crippen molar-refractivity contribution in [2.75, 3.05) is 19.5 Å². The minimum Gasteiger partial charge on any atom is -0.496 e. The van der Waals surface area contributed by atoms with Crippen LogP contribution in [0.1, 0.15) is 18.9 Å². The van der Waals surface area contributed by atoms with Gasteiger partial charge in [-0.2, -0.15) is 4.98 Å². The number of aliphatic hydroxyl groups is 1. The summed E-state index contributed by atoms with van der Waals surface area (Å²) in [5.74, 6) is -8.26. The van der Waals surface area contributed by atoms with Crippen molar-refractivity contribution >= 4 is 11.6 Å². The molecule has 0 saturated heterocycles. The predicted octanol–water partition coefficient (Wildman–Crippen LogP) is 4.72. The molecule has 36 heavy (non-hydrogen) atoms. The Morgan fingerprint density at radius 3 is 2.42 bits per heavy atom. The molecule has 4 rings (SSSR count). The van der Waals surface area contributed by atoms with Crippen LogP contribution in [-0.4, -0.2) is 39.3 Å². The number of benzene rings is 2. The Kier molecular flexibility index (Phi) is 6.48. The number of anilines is 1. The number of alkyl halides is 2. The number of ether oxygens (including phenoxy) is 2. The van der Waals surface area contributed by atoms with E-state index in [2.05, 4.69) is 10.1 Å². The first-order valence-electron chi connectivity index (χ1n) is 10.7. The molecule has 190 valence electrons. The fraction of sp³-hybridized carbons (Fsp3) is 0.250. The number of nitrogen functional groups attached to an aromatic ring is 1. The van der Waals surface area contributed by atoms with Gasteiger partial charge in [0.1, 0.15) is 18.2 Å². The van der Waals surface area contributed by atoms with E-state index in [0.717, 1.165) is 37.3 Å². The average molecular weight is 508 g/mol. The molecule has 2 aromatic heterocycles. The summed E-state index contributed by atoms with van der Waals surface area (Å²) < 4.78 is 85.2. The minimum atomic E-state index is -3.79. The molecule has 12 heteroatoms. The molecule has 0 spiro atoms. The second kappa shape index (κ2) is 9.26. The number of methoxy groups -OCH3 is 1. The second-order valence-electron chi connectivity index (χ2n) is 7.98. The number of nitrogens with zero attached hydrogens (tertiary/aromatic N) is 3. The lowest BCUT2D eigenvalue weighted by atomic mass is 9.86. The number of nitrogens with two attached hydrogens (primary N) is 1. The van der Waals surface area contributed by atoms with Gasteiger partial charge in [-0.05, 0) is 35.4 Å². The normalized spacial score (nSPS) is 13.6. The first-order chi connectivity index (χ1) is 17.0. The van der Waals surface area contributed by atoms with Crippen LogP contribution < -0.4 is 15.2 Å². The van der Waals surface area contributed by atoms with E-state index in [1.165, 1.54) is 30.0 Å². The number of hydrogen-bond acceptors (Lipinski definition) is 6. The highest BCUT2D eigenvalue weighted by Gasteiger charge is 2.53. The van der Waals surface area contributed by atoms with Gasteiger partial charge in [-0.1, -0.05) is 19.1 Å². The van der Waals surface area contributed by atoms with Crippen LogP contribution in [0.4, 0.5) is 27.9 Å².